The lowest BCUT2D eigenvalue weighted by Gasteiger charge is -2.48. The van der Waals surface area contributed by atoms with Gasteiger partial charge in [-0.15, -0.1) is 0 Å². The van der Waals surface area contributed by atoms with Gasteiger partial charge in [-0.1, -0.05) is 23.7 Å². The van der Waals surface area contributed by atoms with Gasteiger partial charge in [0.15, 0.2) is 5.82 Å². The summed E-state index contributed by atoms with van der Waals surface area (Å²) in [4.78, 5) is 14.9. The summed E-state index contributed by atoms with van der Waals surface area (Å²) in [7, 11) is -1.13. The minimum absolute atomic E-state index is 0.0840. The van der Waals surface area contributed by atoms with Gasteiger partial charge in [0.1, 0.15) is 10.8 Å². The van der Waals surface area contributed by atoms with E-state index in [0.29, 0.717) is 28.8 Å². The lowest BCUT2D eigenvalue weighted by atomic mass is 9.76. The highest BCUT2D eigenvalue weighted by molar-refractivity contribution is 7.85. The van der Waals surface area contributed by atoms with Gasteiger partial charge < -0.3 is 14.9 Å². The Morgan fingerprint density at radius 2 is 1.87 bits per heavy atom. The standard InChI is InChI=1S/C23H27ClN4O2S/c24-17-4-2-15(3-5-17)16-10-18-6-7-19(11-16)28(18)22-25-12-20-21(26-22)27(14-31(20)30)23(13-29)8-1-9-23/h2-5,12,16,18-19,29H,1,6-11,13-14H2. The number of aromatic nitrogens is 2. The second kappa shape index (κ2) is 7.42. The number of halogens is 1. The highest BCUT2D eigenvalue weighted by Crippen LogP contribution is 2.47. The fraction of sp³-hybridized carbons (Fsp3) is 0.565. The Bertz CT molecular complexity index is 1010. The summed E-state index contributed by atoms with van der Waals surface area (Å²) in [6.07, 6.45) is 9.22. The van der Waals surface area contributed by atoms with Gasteiger partial charge in [-0.3, -0.25) is 4.21 Å². The first-order valence-electron chi connectivity index (χ1n) is 11.3. The molecule has 4 heterocycles. The molecule has 2 saturated heterocycles. The number of aliphatic hydroxyl groups excluding tert-OH is 1. The number of piperidine rings is 1. The second-order valence-electron chi connectivity index (χ2n) is 9.51. The SMILES string of the molecule is O=S1CN(C2(CO)CCC2)c2nc(N3C4CCC3CC(c3ccc(Cl)cc3)C4)ncc21. The molecule has 1 aromatic heterocycles. The predicted molar refractivity (Wildman–Crippen MR) is 122 cm³/mol. The lowest BCUT2D eigenvalue weighted by Crippen LogP contribution is -2.56. The van der Waals surface area contributed by atoms with Gasteiger partial charge >= 0.3 is 0 Å². The Hall–Kier alpha value is -1.70. The molecule has 4 aliphatic rings. The average molecular weight is 459 g/mol. The summed E-state index contributed by atoms with van der Waals surface area (Å²) >= 11 is 6.08. The van der Waals surface area contributed by atoms with Crippen LogP contribution in [0.25, 0.3) is 0 Å². The average Bonchev–Trinajstić information content (AvgIpc) is 3.21. The fourth-order valence-corrected chi connectivity index (χ4v) is 7.48. The monoisotopic (exact) mass is 458 g/mol. The zero-order valence-electron chi connectivity index (χ0n) is 17.4. The van der Waals surface area contributed by atoms with Gasteiger partial charge in [-0.05, 0) is 68.6 Å². The first kappa shape index (κ1) is 19.9. The normalized spacial score (nSPS) is 30.9. The van der Waals surface area contributed by atoms with E-state index in [1.54, 1.807) is 6.20 Å². The molecule has 3 fully saturated rings. The molecule has 1 N–H and O–H groups in total. The van der Waals surface area contributed by atoms with E-state index in [1.807, 2.05) is 12.1 Å². The summed E-state index contributed by atoms with van der Waals surface area (Å²) in [5.74, 6) is 2.49. The van der Waals surface area contributed by atoms with Crippen molar-refractivity contribution in [2.45, 2.75) is 73.4 Å². The number of hydrogen-bond acceptors (Lipinski definition) is 6. The van der Waals surface area contributed by atoms with Crippen molar-refractivity contribution in [3.63, 3.8) is 0 Å². The Kier molecular flexibility index (Phi) is 4.78. The first-order valence-corrected chi connectivity index (χ1v) is 13.0. The van der Waals surface area contributed by atoms with E-state index in [4.69, 9.17) is 16.6 Å². The molecular weight excluding hydrogens is 432 g/mol. The topological polar surface area (TPSA) is 69.6 Å². The van der Waals surface area contributed by atoms with Crippen LogP contribution < -0.4 is 9.80 Å². The molecule has 0 spiro atoms. The molecule has 3 atom stereocenters. The number of nitrogens with zero attached hydrogens (tertiary/aromatic N) is 4. The zero-order valence-corrected chi connectivity index (χ0v) is 19.0. The highest BCUT2D eigenvalue weighted by Gasteiger charge is 2.48. The smallest absolute Gasteiger partial charge is 0.227 e. The van der Waals surface area contributed by atoms with E-state index in [9.17, 15) is 9.32 Å². The molecule has 0 amide bonds. The van der Waals surface area contributed by atoms with Gasteiger partial charge in [-0.2, -0.15) is 4.98 Å². The molecule has 1 aliphatic carbocycles. The van der Waals surface area contributed by atoms with E-state index in [0.717, 1.165) is 61.7 Å². The summed E-state index contributed by atoms with van der Waals surface area (Å²) in [6, 6.07) is 9.14. The summed E-state index contributed by atoms with van der Waals surface area (Å²) in [6.45, 7) is 0.0840. The molecule has 31 heavy (non-hydrogen) atoms. The van der Waals surface area contributed by atoms with Crippen molar-refractivity contribution in [1.29, 1.82) is 0 Å². The van der Waals surface area contributed by atoms with Crippen molar-refractivity contribution in [2.24, 2.45) is 0 Å². The summed E-state index contributed by atoms with van der Waals surface area (Å²) < 4.78 is 12.7. The first-order chi connectivity index (χ1) is 15.1. The van der Waals surface area contributed by atoms with Crippen LogP contribution in [0.1, 0.15) is 56.4 Å². The van der Waals surface area contributed by atoms with Crippen molar-refractivity contribution in [2.75, 3.05) is 22.3 Å². The number of hydrogen-bond donors (Lipinski definition) is 1. The third-order valence-electron chi connectivity index (χ3n) is 7.93. The van der Waals surface area contributed by atoms with E-state index in [1.165, 1.54) is 5.56 Å². The number of aliphatic hydroxyl groups is 1. The maximum Gasteiger partial charge on any atom is 0.227 e. The van der Waals surface area contributed by atoms with E-state index >= 15 is 0 Å². The number of benzene rings is 1. The molecule has 2 aromatic rings. The van der Waals surface area contributed by atoms with E-state index in [2.05, 4.69) is 26.9 Å². The molecule has 2 bridgehead atoms. The molecule has 6 rings (SSSR count). The maximum atomic E-state index is 12.7. The summed E-state index contributed by atoms with van der Waals surface area (Å²) in [5.41, 5.74) is 1.07. The van der Waals surface area contributed by atoms with Crippen LogP contribution in [0.15, 0.2) is 35.4 Å². The maximum absolute atomic E-state index is 12.7. The molecule has 8 heteroatoms. The Morgan fingerprint density at radius 1 is 1.16 bits per heavy atom. The number of rotatable bonds is 4. The minimum atomic E-state index is -1.13. The van der Waals surface area contributed by atoms with Crippen LogP contribution in [0.5, 0.6) is 0 Å². The Labute approximate surface area is 190 Å². The van der Waals surface area contributed by atoms with Crippen molar-refractivity contribution in [3.8, 4) is 0 Å². The van der Waals surface area contributed by atoms with Gasteiger partial charge in [-0.25, -0.2) is 4.98 Å². The Balaban J connectivity index is 1.29. The van der Waals surface area contributed by atoms with Crippen LogP contribution in [0.3, 0.4) is 0 Å². The number of anilines is 2. The zero-order chi connectivity index (χ0) is 21.2. The highest BCUT2D eigenvalue weighted by atomic mass is 35.5. The van der Waals surface area contributed by atoms with Crippen LogP contribution in [0.2, 0.25) is 5.02 Å². The molecule has 3 aliphatic heterocycles. The predicted octanol–water partition coefficient (Wildman–Crippen LogP) is 3.85. The molecule has 1 aromatic carbocycles. The third kappa shape index (κ3) is 3.11. The van der Waals surface area contributed by atoms with Gasteiger partial charge in [0.2, 0.25) is 5.95 Å². The molecular formula is C23H27ClN4O2S. The van der Waals surface area contributed by atoms with Crippen LogP contribution in [0.4, 0.5) is 11.8 Å². The molecule has 164 valence electrons. The molecule has 1 saturated carbocycles. The van der Waals surface area contributed by atoms with Crippen LogP contribution in [0, 0.1) is 0 Å². The van der Waals surface area contributed by atoms with Crippen molar-refractivity contribution >= 4 is 34.2 Å². The van der Waals surface area contributed by atoms with Crippen molar-refractivity contribution in [1.82, 2.24) is 9.97 Å². The van der Waals surface area contributed by atoms with Gasteiger partial charge in [0.05, 0.1) is 29.1 Å². The van der Waals surface area contributed by atoms with Gasteiger partial charge in [0, 0.05) is 17.1 Å². The fourth-order valence-electron chi connectivity index (χ4n) is 6.05. The molecule has 0 radical (unpaired) electrons. The van der Waals surface area contributed by atoms with E-state index < -0.39 is 10.8 Å². The Morgan fingerprint density at radius 3 is 2.48 bits per heavy atom. The third-order valence-corrected chi connectivity index (χ3v) is 9.45. The van der Waals surface area contributed by atoms with Crippen LogP contribution in [-0.2, 0) is 10.8 Å². The molecule has 3 unspecified atom stereocenters. The minimum Gasteiger partial charge on any atom is -0.394 e. The van der Waals surface area contributed by atoms with Crippen LogP contribution >= 0.6 is 11.6 Å². The van der Waals surface area contributed by atoms with Crippen LogP contribution in [-0.4, -0.2) is 49.4 Å². The largest absolute Gasteiger partial charge is 0.394 e. The van der Waals surface area contributed by atoms with Crippen molar-refractivity contribution in [3.05, 3.63) is 41.0 Å². The number of fused-ring (bicyclic) bond motifs is 3. The molecule has 6 nitrogen and oxygen atoms in total. The summed E-state index contributed by atoms with van der Waals surface area (Å²) in [5, 5.41) is 10.9. The lowest BCUT2D eigenvalue weighted by molar-refractivity contribution is 0.119. The second-order valence-corrected chi connectivity index (χ2v) is 11.3. The van der Waals surface area contributed by atoms with Gasteiger partial charge in [0.25, 0.3) is 0 Å². The van der Waals surface area contributed by atoms with Crippen molar-refractivity contribution < 1.29 is 9.32 Å². The van der Waals surface area contributed by atoms with E-state index in [-0.39, 0.29) is 12.1 Å². The quantitative estimate of drug-likeness (QED) is 0.750.